The number of amides is 1. The molecule has 4 rings (SSSR count). The van der Waals surface area contributed by atoms with E-state index in [0.717, 1.165) is 31.2 Å². The van der Waals surface area contributed by atoms with Crippen molar-refractivity contribution in [3.63, 3.8) is 0 Å². The summed E-state index contributed by atoms with van der Waals surface area (Å²) in [5.41, 5.74) is 2.85. The third-order valence-electron chi connectivity index (χ3n) is 6.25. The zero-order chi connectivity index (χ0) is 23.6. The first-order valence-corrected chi connectivity index (χ1v) is 14.1. The average Bonchev–Trinajstić information content (AvgIpc) is 2.84. The fourth-order valence-electron chi connectivity index (χ4n) is 4.28. The highest BCUT2D eigenvalue weighted by atomic mass is 32.2. The third kappa shape index (κ3) is 4.98. The van der Waals surface area contributed by atoms with E-state index in [2.05, 4.69) is 5.32 Å². The molecule has 2 aromatic carbocycles. The number of anilines is 1. The highest BCUT2D eigenvalue weighted by molar-refractivity contribution is 7.89. The normalized spacial score (nSPS) is 18.0. The lowest BCUT2D eigenvalue weighted by Crippen LogP contribution is -2.50. The van der Waals surface area contributed by atoms with Gasteiger partial charge < -0.3 is 5.32 Å². The van der Waals surface area contributed by atoms with Gasteiger partial charge in [-0.1, -0.05) is 13.0 Å². The van der Waals surface area contributed by atoms with Crippen molar-refractivity contribution in [3.05, 3.63) is 53.6 Å². The standard InChI is InChI=1S/C23H29N3O5S2/c1-2-23(27)24-20-8-11-21(12-9-20)32(28,29)25-13-15-26(16-14-25)33(30,31)22-10-7-18-5-3-4-6-19(18)17-22/h7-12,17H,2-6,13-16H2,1H3,(H,24,27). The summed E-state index contributed by atoms with van der Waals surface area (Å²) in [7, 11) is -7.44. The van der Waals surface area contributed by atoms with Crippen LogP contribution < -0.4 is 5.32 Å². The minimum Gasteiger partial charge on any atom is -0.326 e. The summed E-state index contributed by atoms with van der Waals surface area (Å²) in [6.07, 6.45) is 4.41. The van der Waals surface area contributed by atoms with Gasteiger partial charge in [0.25, 0.3) is 0 Å². The third-order valence-corrected chi connectivity index (χ3v) is 10.1. The Kier molecular flexibility index (Phi) is 6.90. The van der Waals surface area contributed by atoms with E-state index in [1.807, 2.05) is 6.07 Å². The molecule has 2 aromatic rings. The molecule has 1 amide bonds. The number of hydrogen-bond donors (Lipinski definition) is 1. The number of aryl methyl sites for hydroxylation is 2. The van der Waals surface area contributed by atoms with E-state index < -0.39 is 20.0 Å². The maximum atomic E-state index is 13.2. The number of hydrogen-bond acceptors (Lipinski definition) is 5. The monoisotopic (exact) mass is 491 g/mol. The molecule has 0 radical (unpaired) electrons. The second-order valence-electron chi connectivity index (χ2n) is 8.37. The molecule has 33 heavy (non-hydrogen) atoms. The smallest absolute Gasteiger partial charge is 0.243 e. The lowest BCUT2D eigenvalue weighted by molar-refractivity contribution is -0.115. The first-order chi connectivity index (χ1) is 15.7. The van der Waals surface area contributed by atoms with E-state index in [1.54, 1.807) is 31.2 Å². The molecule has 0 unspecified atom stereocenters. The SMILES string of the molecule is CCC(=O)Nc1ccc(S(=O)(=O)N2CCN(S(=O)(=O)c3ccc4c(c3)CCCC4)CC2)cc1. The van der Waals surface area contributed by atoms with Gasteiger partial charge >= 0.3 is 0 Å². The van der Waals surface area contributed by atoms with E-state index in [0.29, 0.717) is 12.1 Å². The Morgan fingerprint density at radius 2 is 1.30 bits per heavy atom. The van der Waals surface area contributed by atoms with Crippen molar-refractivity contribution in [1.82, 2.24) is 8.61 Å². The molecule has 1 aliphatic carbocycles. The van der Waals surface area contributed by atoms with Crippen LogP contribution in [-0.4, -0.2) is 57.5 Å². The molecule has 0 atom stereocenters. The van der Waals surface area contributed by atoms with Gasteiger partial charge in [0, 0.05) is 38.3 Å². The number of piperazine rings is 1. The van der Waals surface area contributed by atoms with Gasteiger partial charge in [0.15, 0.2) is 0 Å². The molecule has 0 aromatic heterocycles. The predicted octanol–water partition coefficient (Wildman–Crippen LogP) is 2.61. The zero-order valence-electron chi connectivity index (χ0n) is 18.7. The van der Waals surface area contributed by atoms with E-state index >= 15 is 0 Å². The summed E-state index contributed by atoms with van der Waals surface area (Å²) in [4.78, 5) is 11.9. The van der Waals surface area contributed by atoms with Gasteiger partial charge in [-0.15, -0.1) is 0 Å². The Bertz CT molecular complexity index is 1230. The summed E-state index contributed by atoms with van der Waals surface area (Å²) in [6.45, 7) is 2.10. The van der Waals surface area contributed by atoms with Crippen LogP contribution in [0.1, 0.15) is 37.3 Å². The Hall–Kier alpha value is -2.27. The Morgan fingerprint density at radius 1 is 0.788 bits per heavy atom. The minimum absolute atomic E-state index is 0.0842. The Balaban J connectivity index is 1.44. The highest BCUT2D eigenvalue weighted by Crippen LogP contribution is 2.27. The van der Waals surface area contributed by atoms with Crippen molar-refractivity contribution in [3.8, 4) is 0 Å². The van der Waals surface area contributed by atoms with Crippen LogP contribution in [0.5, 0.6) is 0 Å². The van der Waals surface area contributed by atoms with Crippen molar-refractivity contribution in [2.45, 2.75) is 48.8 Å². The van der Waals surface area contributed by atoms with Crippen LogP contribution in [0.3, 0.4) is 0 Å². The molecule has 10 heteroatoms. The van der Waals surface area contributed by atoms with Gasteiger partial charge in [0.05, 0.1) is 9.79 Å². The highest BCUT2D eigenvalue weighted by Gasteiger charge is 2.34. The molecule has 1 saturated heterocycles. The van der Waals surface area contributed by atoms with Crippen molar-refractivity contribution in [2.24, 2.45) is 0 Å². The van der Waals surface area contributed by atoms with Crippen LogP contribution in [0.25, 0.3) is 0 Å². The van der Waals surface area contributed by atoms with Crippen LogP contribution in [0.2, 0.25) is 0 Å². The van der Waals surface area contributed by atoms with Crippen LogP contribution in [0, 0.1) is 0 Å². The Morgan fingerprint density at radius 3 is 1.88 bits per heavy atom. The van der Waals surface area contributed by atoms with Gasteiger partial charge in [-0.3, -0.25) is 4.79 Å². The molecule has 1 aliphatic heterocycles. The maximum Gasteiger partial charge on any atom is 0.243 e. The summed E-state index contributed by atoms with van der Waals surface area (Å²) in [6, 6.07) is 11.4. The van der Waals surface area contributed by atoms with E-state index in [-0.39, 0.29) is 41.9 Å². The first kappa shape index (κ1) is 23.9. The number of nitrogens with one attached hydrogen (secondary N) is 1. The van der Waals surface area contributed by atoms with E-state index in [4.69, 9.17) is 0 Å². The van der Waals surface area contributed by atoms with Crippen molar-refractivity contribution in [2.75, 3.05) is 31.5 Å². The molecule has 1 fully saturated rings. The summed E-state index contributed by atoms with van der Waals surface area (Å²) < 4.78 is 55.1. The molecule has 0 bridgehead atoms. The fraction of sp³-hybridized carbons (Fsp3) is 0.435. The number of nitrogens with zero attached hydrogens (tertiary/aromatic N) is 2. The van der Waals surface area contributed by atoms with Crippen molar-refractivity contribution >= 4 is 31.6 Å². The summed E-state index contributed by atoms with van der Waals surface area (Å²) in [5.74, 6) is -0.151. The lowest BCUT2D eigenvalue weighted by Gasteiger charge is -2.33. The number of carbonyl (C=O) groups is 1. The first-order valence-electron chi connectivity index (χ1n) is 11.2. The number of carbonyl (C=O) groups excluding carboxylic acids is 1. The lowest BCUT2D eigenvalue weighted by atomic mass is 9.92. The molecule has 0 saturated carbocycles. The number of sulfonamides is 2. The molecule has 2 aliphatic rings. The summed E-state index contributed by atoms with van der Waals surface area (Å²) in [5, 5.41) is 2.69. The molecule has 1 heterocycles. The second kappa shape index (κ2) is 9.54. The van der Waals surface area contributed by atoms with Gasteiger partial charge in [-0.2, -0.15) is 8.61 Å². The van der Waals surface area contributed by atoms with Gasteiger partial charge in [-0.05, 0) is 73.2 Å². The summed E-state index contributed by atoms with van der Waals surface area (Å²) >= 11 is 0. The average molecular weight is 492 g/mol. The number of rotatable bonds is 6. The zero-order valence-corrected chi connectivity index (χ0v) is 20.3. The molecular formula is C23H29N3O5S2. The minimum atomic E-state index is -3.76. The second-order valence-corrected chi connectivity index (χ2v) is 12.2. The van der Waals surface area contributed by atoms with E-state index in [9.17, 15) is 21.6 Å². The van der Waals surface area contributed by atoms with Crippen LogP contribution in [0.15, 0.2) is 52.3 Å². The molecule has 178 valence electrons. The molecule has 1 N–H and O–H groups in total. The largest absolute Gasteiger partial charge is 0.326 e. The topological polar surface area (TPSA) is 104 Å². The predicted molar refractivity (Wildman–Crippen MR) is 126 cm³/mol. The molecular weight excluding hydrogens is 462 g/mol. The van der Waals surface area contributed by atoms with Gasteiger partial charge in [-0.25, -0.2) is 16.8 Å². The van der Waals surface area contributed by atoms with Crippen molar-refractivity contribution < 1.29 is 21.6 Å². The fourth-order valence-corrected chi connectivity index (χ4v) is 7.17. The van der Waals surface area contributed by atoms with Gasteiger partial charge in [0.1, 0.15) is 0 Å². The van der Waals surface area contributed by atoms with Crippen molar-refractivity contribution in [1.29, 1.82) is 0 Å². The number of fused-ring (bicyclic) bond motifs is 1. The Labute approximate surface area is 195 Å². The quantitative estimate of drug-likeness (QED) is 0.669. The molecule has 8 nitrogen and oxygen atoms in total. The van der Waals surface area contributed by atoms with Crippen LogP contribution >= 0.6 is 0 Å². The number of benzene rings is 2. The van der Waals surface area contributed by atoms with Crippen LogP contribution in [-0.2, 0) is 37.7 Å². The molecule has 0 spiro atoms. The maximum absolute atomic E-state index is 13.2. The van der Waals surface area contributed by atoms with E-state index in [1.165, 1.54) is 26.3 Å². The van der Waals surface area contributed by atoms with Gasteiger partial charge in [0.2, 0.25) is 26.0 Å². The van der Waals surface area contributed by atoms with Crippen LogP contribution in [0.4, 0.5) is 5.69 Å².